The largest absolute Gasteiger partial charge is 0.359 e. The first-order valence-corrected chi connectivity index (χ1v) is 6.59. The molecule has 0 aliphatic carbocycles. The van der Waals surface area contributed by atoms with Gasteiger partial charge in [-0.1, -0.05) is 38.1 Å². The summed E-state index contributed by atoms with van der Waals surface area (Å²) in [5.74, 6) is 0.553. The Morgan fingerprint density at radius 2 is 1.78 bits per heavy atom. The number of rotatable bonds is 4. The topological polar surface area (TPSA) is 36.4 Å². The Hall–Kier alpha value is -1.42. The van der Waals surface area contributed by atoms with E-state index in [0.29, 0.717) is 17.1 Å². The summed E-state index contributed by atoms with van der Waals surface area (Å²) in [6.45, 7) is 8.42. The average molecular weight is 263 g/mol. The van der Waals surface area contributed by atoms with Gasteiger partial charge in [0.25, 0.3) is 0 Å². The Balaban J connectivity index is 2.49. The van der Waals surface area contributed by atoms with E-state index in [0.717, 1.165) is 5.56 Å². The Labute approximate surface area is 115 Å². The van der Waals surface area contributed by atoms with E-state index in [-0.39, 0.29) is 0 Å². The van der Waals surface area contributed by atoms with Crippen molar-refractivity contribution >= 4 is 23.5 Å². The quantitative estimate of drug-likeness (QED) is 0.498. The zero-order valence-electron chi connectivity index (χ0n) is 11.4. The van der Waals surface area contributed by atoms with E-state index in [9.17, 15) is 0 Å². The van der Waals surface area contributed by atoms with Gasteiger partial charge in [-0.25, -0.2) is 0 Å². The van der Waals surface area contributed by atoms with Crippen LogP contribution < -0.4 is 10.7 Å². The predicted molar refractivity (Wildman–Crippen MR) is 82.1 cm³/mol. The molecule has 0 unspecified atom stereocenters. The second-order valence-corrected chi connectivity index (χ2v) is 5.23. The lowest BCUT2D eigenvalue weighted by atomic mass is 10.0. The van der Waals surface area contributed by atoms with Crippen molar-refractivity contribution in [2.75, 3.05) is 0 Å². The van der Waals surface area contributed by atoms with E-state index in [2.05, 4.69) is 54.0 Å². The van der Waals surface area contributed by atoms with Crippen LogP contribution in [0.4, 0.5) is 0 Å². The van der Waals surface area contributed by atoms with Gasteiger partial charge in [0.1, 0.15) is 0 Å². The van der Waals surface area contributed by atoms with Crippen LogP contribution in [0.2, 0.25) is 0 Å². The summed E-state index contributed by atoms with van der Waals surface area (Å²) in [7, 11) is 0. The maximum absolute atomic E-state index is 5.06. The molecule has 0 amide bonds. The van der Waals surface area contributed by atoms with E-state index in [1.54, 1.807) is 6.21 Å². The van der Waals surface area contributed by atoms with Crippen LogP contribution in [0.5, 0.6) is 0 Å². The molecule has 0 aliphatic rings. The van der Waals surface area contributed by atoms with Gasteiger partial charge in [-0.2, -0.15) is 5.10 Å². The van der Waals surface area contributed by atoms with Crippen molar-refractivity contribution in [2.45, 2.75) is 39.7 Å². The van der Waals surface area contributed by atoms with Crippen LogP contribution in [-0.4, -0.2) is 17.4 Å². The molecule has 0 aliphatic heterocycles. The Kier molecular flexibility index (Phi) is 5.78. The average Bonchev–Trinajstić information content (AvgIpc) is 2.28. The second kappa shape index (κ2) is 7.11. The van der Waals surface area contributed by atoms with Gasteiger partial charge in [-0.05, 0) is 43.1 Å². The van der Waals surface area contributed by atoms with Crippen LogP contribution in [-0.2, 0) is 0 Å². The first-order valence-electron chi connectivity index (χ1n) is 6.18. The minimum absolute atomic E-state index is 0.311. The van der Waals surface area contributed by atoms with Crippen molar-refractivity contribution < 1.29 is 0 Å². The summed E-state index contributed by atoms with van der Waals surface area (Å²) in [6.07, 6.45) is 1.76. The zero-order chi connectivity index (χ0) is 13.5. The fraction of sp³-hybridized carbons (Fsp3) is 0.429. The molecule has 1 aromatic rings. The summed E-state index contributed by atoms with van der Waals surface area (Å²) >= 11 is 5.06. The molecule has 3 nitrogen and oxygen atoms in total. The standard InChI is InChI=1S/C14H21N3S/c1-10(2)13-7-5-12(6-8-13)9-15-17-14(18)16-11(3)4/h5-11H,1-4H3,(H2,16,17,18)/b15-9+. The van der Waals surface area contributed by atoms with Crippen LogP contribution in [0.25, 0.3) is 0 Å². The van der Waals surface area contributed by atoms with Gasteiger partial charge in [0, 0.05) is 6.04 Å². The van der Waals surface area contributed by atoms with E-state index >= 15 is 0 Å². The molecule has 0 atom stereocenters. The monoisotopic (exact) mass is 263 g/mol. The van der Waals surface area contributed by atoms with E-state index in [1.165, 1.54) is 5.56 Å². The van der Waals surface area contributed by atoms with Gasteiger partial charge in [-0.15, -0.1) is 0 Å². The van der Waals surface area contributed by atoms with Crippen molar-refractivity contribution in [2.24, 2.45) is 5.10 Å². The second-order valence-electron chi connectivity index (χ2n) is 4.82. The number of nitrogens with one attached hydrogen (secondary N) is 2. The van der Waals surface area contributed by atoms with Crippen LogP contribution in [0, 0.1) is 0 Å². The number of nitrogens with zero attached hydrogens (tertiary/aromatic N) is 1. The summed E-state index contributed by atoms with van der Waals surface area (Å²) in [5, 5.41) is 7.69. The smallest absolute Gasteiger partial charge is 0.187 e. The third-order valence-electron chi connectivity index (χ3n) is 2.40. The lowest BCUT2D eigenvalue weighted by molar-refractivity contribution is 0.720. The van der Waals surface area contributed by atoms with Crippen LogP contribution in [0.1, 0.15) is 44.7 Å². The molecule has 0 bridgehead atoms. The highest BCUT2D eigenvalue weighted by Crippen LogP contribution is 2.13. The van der Waals surface area contributed by atoms with Gasteiger partial charge in [0.2, 0.25) is 0 Å². The van der Waals surface area contributed by atoms with E-state index in [1.807, 2.05) is 13.8 Å². The zero-order valence-corrected chi connectivity index (χ0v) is 12.2. The summed E-state index contributed by atoms with van der Waals surface area (Å²) in [6, 6.07) is 8.66. The molecule has 1 aromatic carbocycles. The molecule has 1 rings (SSSR count). The Morgan fingerprint density at radius 3 is 2.28 bits per heavy atom. The Morgan fingerprint density at radius 1 is 1.17 bits per heavy atom. The molecule has 0 spiro atoms. The summed E-state index contributed by atoms with van der Waals surface area (Å²) in [5.41, 5.74) is 5.18. The predicted octanol–water partition coefficient (Wildman–Crippen LogP) is 3.02. The fourth-order valence-electron chi connectivity index (χ4n) is 1.43. The highest BCUT2D eigenvalue weighted by molar-refractivity contribution is 7.80. The van der Waals surface area contributed by atoms with Crippen molar-refractivity contribution in [3.63, 3.8) is 0 Å². The number of hydrazone groups is 1. The van der Waals surface area contributed by atoms with Gasteiger partial charge in [0.15, 0.2) is 5.11 Å². The minimum atomic E-state index is 0.311. The van der Waals surface area contributed by atoms with Gasteiger partial charge < -0.3 is 5.32 Å². The molecule has 18 heavy (non-hydrogen) atoms. The third-order valence-corrected chi connectivity index (χ3v) is 2.61. The molecule has 0 heterocycles. The molecule has 0 saturated carbocycles. The van der Waals surface area contributed by atoms with Crippen LogP contribution >= 0.6 is 12.2 Å². The van der Waals surface area contributed by atoms with Crippen molar-refractivity contribution in [3.05, 3.63) is 35.4 Å². The molecular formula is C14H21N3S. The SMILES string of the molecule is CC(C)NC(=S)N/N=C/c1ccc(C(C)C)cc1. The minimum Gasteiger partial charge on any atom is -0.359 e. The summed E-state index contributed by atoms with van der Waals surface area (Å²) in [4.78, 5) is 0. The van der Waals surface area contributed by atoms with Crippen molar-refractivity contribution in [3.8, 4) is 0 Å². The summed E-state index contributed by atoms with van der Waals surface area (Å²) < 4.78 is 0. The van der Waals surface area contributed by atoms with E-state index in [4.69, 9.17) is 12.2 Å². The van der Waals surface area contributed by atoms with Crippen LogP contribution in [0.3, 0.4) is 0 Å². The molecule has 2 N–H and O–H groups in total. The highest BCUT2D eigenvalue weighted by Gasteiger charge is 1.98. The number of benzene rings is 1. The van der Waals surface area contributed by atoms with Gasteiger partial charge in [-0.3, -0.25) is 5.43 Å². The first-order chi connectivity index (χ1) is 8.49. The van der Waals surface area contributed by atoms with Crippen molar-refractivity contribution in [1.29, 1.82) is 0 Å². The van der Waals surface area contributed by atoms with Gasteiger partial charge >= 0.3 is 0 Å². The fourth-order valence-corrected chi connectivity index (χ4v) is 1.72. The first kappa shape index (κ1) is 14.6. The molecule has 0 aromatic heterocycles. The lowest BCUT2D eigenvalue weighted by Gasteiger charge is -2.09. The third kappa shape index (κ3) is 5.27. The maximum atomic E-state index is 5.06. The van der Waals surface area contributed by atoms with Crippen molar-refractivity contribution in [1.82, 2.24) is 10.7 Å². The molecule has 0 radical (unpaired) electrons. The maximum Gasteiger partial charge on any atom is 0.187 e. The number of hydrogen-bond acceptors (Lipinski definition) is 2. The molecule has 98 valence electrons. The normalized spacial score (nSPS) is 11.2. The number of hydrogen-bond donors (Lipinski definition) is 2. The Bertz CT molecular complexity index is 408. The molecular weight excluding hydrogens is 242 g/mol. The molecule has 0 saturated heterocycles. The molecule has 0 fully saturated rings. The van der Waals surface area contributed by atoms with Crippen LogP contribution in [0.15, 0.2) is 29.4 Å². The van der Waals surface area contributed by atoms with Gasteiger partial charge in [0.05, 0.1) is 6.21 Å². The highest BCUT2D eigenvalue weighted by atomic mass is 32.1. The number of thiocarbonyl (C=S) groups is 1. The van der Waals surface area contributed by atoms with E-state index < -0.39 is 0 Å². The molecule has 4 heteroatoms. The lowest BCUT2D eigenvalue weighted by Crippen LogP contribution is -2.36.